The van der Waals surface area contributed by atoms with E-state index in [4.69, 9.17) is 0 Å². The van der Waals surface area contributed by atoms with Crippen LogP contribution in [0.5, 0.6) is 0 Å². The Hall–Kier alpha value is -2.24. The Balaban J connectivity index is 2.32. The van der Waals surface area contributed by atoms with Gasteiger partial charge in [0, 0.05) is 0 Å². The van der Waals surface area contributed by atoms with Crippen LogP contribution in [-0.4, -0.2) is 0 Å². The highest BCUT2D eigenvalue weighted by molar-refractivity contribution is 5.84. The van der Waals surface area contributed by atoms with Gasteiger partial charge in [0.05, 0.1) is 11.1 Å². The summed E-state index contributed by atoms with van der Waals surface area (Å²) in [6.07, 6.45) is -5.34. The van der Waals surface area contributed by atoms with E-state index in [-0.39, 0.29) is 17.5 Å². The lowest BCUT2D eigenvalue weighted by molar-refractivity contribution is -0.143. The van der Waals surface area contributed by atoms with Crippen LogP contribution in [0.4, 0.5) is 26.3 Å². The van der Waals surface area contributed by atoms with Gasteiger partial charge in [-0.3, -0.25) is 0 Å². The summed E-state index contributed by atoms with van der Waals surface area (Å²) in [5, 5.41) is 0. The van der Waals surface area contributed by atoms with E-state index in [1.54, 1.807) is 0 Å². The fourth-order valence-corrected chi connectivity index (χ4v) is 3.88. The molecular formula is C23H22F6. The molecule has 156 valence electrons. The van der Waals surface area contributed by atoms with Gasteiger partial charge in [0.2, 0.25) is 0 Å². The van der Waals surface area contributed by atoms with E-state index < -0.39 is 23.5 Å². The molecule has 0 amide bonds. The minimum atomic E-state index is -4.87. The molecule has 0 aliphatic heterocycles. The average Bonchev–Trinajstić information content (AvgIpc) is 3.01. The van der Waals surface area contributed by atoms with E-state index in [9.17, 15) is 26.3 Å². The number of rotatable bonds is 4. The maximum Gasteiger partial charge on any atom is 0.416 e. The Bertz CT molecular complexity index is 913. The largest absolute Gasteiger partial charge is 0.416 e. The van der Waals surface area contributed by atoms with Crippen molar-refractivity contribution in [1.29, 1.82) is 0 Å². The SMILES string of the molecule is CCCC1=Cc2c(ccc(C(C)C)c2-c2cc(C(F)(F)F)cc(C(F)(F)F)c2)C1. The fourth-order valence-electron chi connectivity index (χ4n) is 3.88. The first kappa shape index (κ1) is 21.5. The van der Waals surface area contributed by atoms with Crippen LogP contribution >= 0.6 is 0 Å². The van der Waals surface area contributed by atoms with Crippen molar-refractivity contribution in [1.82, 2.24) is 0 Å². The van der Waals surface area contributed by atoms with Crippen molar-refractivity contribution in [2.75, 3.05) is 0 Å². The molecule has 2 aromatic rings. The van der Waals surface area contributed by atoms with Crippen LogP contribution in [0.3, 0.4) is 0 Å². The number of allylic oxidation sites excluding steroid dienone is 1. The first-order valence-electron chi connectivity index (χ1n) is 9.57. The summed E-state index contributed by atoms with van der Waals surface area (Å²) in [7, 11) is 0. The number of alkyl halides is 6. The van der Waals surface area contributed by atoms with Gasteiger partial charge in [-0.2, -0.15) is 26.3 Å². The minimum absolute atomic E-state index is 0.0401. The van der Waals surface area contributed by atoms with Gasteiger partial charge in [0.25, 0.3) is 0 Å². The average molecular weight is 412 g/mol. The van der Waals surface area contributed by atoms with Crippen LogP contribution in [0.15, 0.2) is 35.9 Å². The molecule has 2 aromatic carbocycles. The second kappa shape index (κ2) is 7.54. The number of benzene rings is 2. The van der Waals surface area contributed by atoms with Crippen molar-refractivity contribution in [3.63, 3.8) is 0 Å². The predicted molar refractivity (Wildman–Crippen MR) is 103 cm³/mol. The van der Waals surface area contributed by atoms with E-state index >= 15 is 0 Å². The van der Waals surface area contributed by atoms with Crippen LogP contribution < -0.4 is 0 Å². The van der Waals surface area contributed by atoms with Crippen LogP contribution in [0.2, 0.25) is 0 Å². The molecule has 0 aromatic heterocycles. The van der Waals surface area contributed by atoms with Gasteiger partial charge in [-0.05, 0) is 64.8 Å². The molecule has 0 N–H and O–H groups in total. The molecule has 3 rings (SSSR count). The van der Waals surface area contributed by atoms with Gasteiger partial charge < -0.3 is 0 Å². The zero-order valence-corrected chi connectivity index (χ0v) is 16.4. The molecule has 0 spiro atoms. The van der Waals surface area contributed by atoms with Gasteiger partial charge in [-0.25, -0.2) is 0 Å². The quantitative estimate of drug-likeness (QED) is 0.444. The normalized spacial score (nSPS) is 14.3. The van der Waals surface area contributed by atoms with Crippen LogP contribution in [0.25, 0.3) is 17.2 Å². The number of halogens is 6. The third-order valence-electron chi connectivity index (χ3n) is 5.20. The molecular weight excluding hydrogens is 390 g/mol. The van der Waals surface area contributed by atoms with Crippen molar-refractivity contribution >= 4 is 6.08 Å². The summed E-state index contributed by atoms with van der Waals surface area (Å²) in [4.78, 5) is 0. The molecule has 0 bridgehead atoms. The highest BCUT2D eigenvalue weighted by atomic mass is 19.4. The summed E-state index contributed by atoms with van der Waals surface area (Å²) < 4.78 is 80.2. The molecule has 0 fully saturated rings. The van der Waals surface area contributed by atoms with Crippen molar-refractivity contribution < 1.29 is 26.3 Å². The molecule has 0 atom stereocenters. The Morgan fingerprint density at radius 2 is 1.48 bits per heavy atom. The van der Waals surface area contributed by atoms with Crippen molar-refractivity contribution in [2.45, 2.75) is 58.3 Å². The lowest BCUT2D eigenvalue weighted by Gasteiger charge is -2.20. The Labute approximate surface area is 166 Å². The third-order valence-corrected chi connectivity index (χ3v) is 5.20. The molecule has 1 aliphatic rings. The first-order chi connectivity index (χ1) is 13.4. The summed E-state index contributed by atoms with van der Waals surface area (Å²) in [6, 6.07) is 5.62. The maximum absolute atomic E-state index is 13.4. The lowest BCUT2D eigenvalue weighted by atomic mass is 9.86. The molecule has 1 aliphatic carbocycles. The Morgan fingerprint density at radius 3 is 1.97 bits per heavy atom. The second-order valence-electron chi connectivity index (χ2n) is 7.78. The molecule has 0 heterocycles. The van der Waals surface area contributed by atoms with E-state index in [1.165, 1.54) is 0 Å². The predicted octanol–water partition coefficient (Wildman–Crippen LogP) is 8.25. The first-order valence-corrected chi connectivity index (χ1v) is 9.57. The summed E-state index contributed by atoms with van der Waals surface area (Å²) >= 11 is 0. The summed E-state index contributed by atoms with van der Waals surface area (Å²) in [5.74, 6) is -0.0530. The highest BCUT2D eigenvalue weighted by Crippen LogP contribution is 2.44. The summed E-state index contributed by atoms with van der Waals surface area (Å²) in [5.41, 5.74) is 1.43. The fraction of sp³-hybridized carbons (Fsp3) is 0.391. The Kier molecular flexibility index (Phi) is 5.58. The number of hydrogen-bond acceptors (Lipinski definition) is 0. The highest BCUT2D eigenvalue weighted by Gasteiger charge is 2.37. The molecule has 0 radical (unpaired) electrons. The minimum Gasteiger partial charge on any atom is -0.166 e. The topological polar surface area (TPSA) is 0 Å². The van der Waals surface area contributed by atoms with Gasteiger partial charge in [-0.1, -0.05) is 51.0 Å². The number of hydrogen-bond donors (Lipinski definition) is 0. The van der Waals surface area contributed by atoms with Crippen LogP contribution in [0, 0.1) is 0 Å². The van der Waals surface area contributed by atoms with Crippen molar-refractivity contribution in [2.24, 2.45) is 0 Å². The lowest BCUT2D eigenvalue weighted by Crippen LogP contribution is -2.11. The summed E-state index contributed by atoms with van der Waals surface area (Å²) in [6.45, 7) is 5.80. The molecule has 0 unspecified atom stereocenters. The van der Waals surface area contributed by atoms with Crippen LogP contribution in [0.1, 0.15) is 67.3 Å². The zero-order chi connectivity index (χ0) is 21.6. The smallest absolute Gasteiger partial charge is 0.166 e. The van der Waals surface area contributed by atoms with E-state index in [1.807, 2.05) is 39.0 Å². The maximum atomic E-state index is 13.4. The molecule has 0 nitrogen and oxygen atoms in total. The molecule has 6 heteroatoms. The molecule has 0 saturated carbocycles. The number of fused-ring (bicyclic) bond motifs is 1. The standard InChI is InChI=1S/C23H22F6/c1-4-5-14-8-15-6-7-19(13(2)3)21(20(15)9-14)16-10-17(22(24,25)26)12-18(11-16)23(27,28)29/h6-7,9-13H,4-5,8H2,1-3H3. The van der Waals surface area contributed by atoms with Gasteiger partial charge in [0.1, 0.15) is 0 Å². The van der Waals surface area contributed by atoms with Crippen LogP contribution in [-0.2, 0) is 18.8 Å². The molecule has 29 heavy (non-hydrogen) atoms. The molecule has 0 saturated heterocycles. The van der Waals surface area contributed by atoms with Gasteiger partial charge >= 0.3 is 12.4 Å². The monoisotopic (exact) mass is 412 g/mol. The van der Waals surface area contributed by atoms with Crippen molar-refractivity contribution in [3.8, 4) is 11.1 Å². The van der Waals surface area contributed by atoms with E-state index in [2.05, 4.69) is 0 Å². The van der Waals surface area contributed by atoms with Gasteiger partial charge in [-0.15, -0.1) is 0 Å². The van der Waals surface area contributed by atoms with E-state index in [0.29, 0.717) is 12.0 Å². The van der Waals surface area contributed by atoms with Gasteiger partial charge in [0.15, 0.2) is 0 Å². The van der Waals surface area contributed by atoms with Crippen molar-refractivity contribution in [3.05, 3.63) is 63.7 Å². The van der Waals surface area contributed by atoms with E-state index in [0.717, 1.165) is 47.2 Å². The third kappa shape index (κ3) is 4.36. The zero-order valence-electron chi connectivity index (χ0n) is 16.4. The Morgan fingerprint density at radius 1 is 0.897 bits per heavy atom. The second-order valence-corrected chi connectivity index (χ2v) is 7.78.